The van der Waals surface area contributed by atoms with Gasteiger partial charge in [-0.1, -0.05) is 13.0 Å². The number of piperidine rings is 1. The molecule has 1 fully saturated rings. The highest BCUT2D eigenvalue weighted by atomic mass is 19.1. The number of nitrogens with one attached hydrogen (secondary N) is 1. The quantitative estimate of drug-likeness (QED) is 0.374. The van der Waals surface area contributed by atoms with Crippen molar-refractivity contribution in [3.05, 3.63) is 82.4 Å². The van der Waals surface area contributed by atoms with Crippen LogP contribution in [0.5, 0.6) is 0 Å². The Labute approximate surface area is 232 Å². The summed E-state index contributed by atoms with van der Waals surface area (Å²) in [4.78, 5) is 28.5. The zero-order chi connectivity index (χ0) is 28.4. The number of nitrogens with zero attached hydrogens (tertiary/aromatic N) is 8. The molecule has 3 aromatic heterocycles. The number of hydrogen-bond acceptors (Lipinski definition) is 8. The van der Waals surface area contributed by atoms with Crippen LogP contribution < -0.4 is 15.9 Å². The van der Waals surface area contributed by atoms with Crippen molar-refractivity contribution < 1.29 is 4.39 Å². The van der Waals surface area contributed by atoms with Gasteiger partial charge in [-0.15, -0.1) is 0 Å². The fourth-order valence-corrected chi connectivity index (χ4v) is 5.13. The summed E-state index contributed by atoms with van der Waals surface area (Å²) in [5, 5.41) is 17.4. The summed E-state index contributed by atoms with van der Waals surface area (Å²) in [6, 6.07) is 8.45. The molecule has 1 aromatic carbocycles. The van der Waals surface area contributed by atoms with E-state index in [-0.39, 0.29) is 23.8 Å². The smallest absolute Gasteiger partial charge is 0.340 e. The summed E-state index contributed by atoms with van der Waals surface area (Å²) in [6.07, 6.45) is 9.20. The van der Waals surface area contributed by atoms with Gasteiger partial charge >= 0.3 is 5.69 Å². The van der Waals surface area contributed by atoms with Crippen molar-refractivity contribution in [2.75, 3.05) is 18.5 Å². The van der Waals surface area contributed by atoms with Gasteiger partial charge in [0.15, 0.2) is 0 Å². The third-order valence-corrected chi connectivity index (χ3v) is 7.42. The molecule has 0 bridgehead atoms. The molecule has 5 rings (SSSR count). The van der Waals surface area contributed by atoms with E-state index >= 15 is 4.39 Å². The van der Waals surface area contributed by atoms with Crippen LogP contribution in [0.3, 0.4) is 0 Å². The lowest BCUT2D eigenvalue weighted by molar-refractivity contribution is 0.367. The second-order valence-corrected chi connectivity index (χ2v) is 10.2. The first-order valence-corrected chi connectivity index (χ1v) is 13.5. The Bertz CT molecular complexity index is 1600. The van der Waals surface area contributed by atoms with E-state index in [0.29, 0.717) is 29.1 Å². The Morgan fingerprint density at radius 2 is 1.93 bits per heavy atom. The molecule has 0 amide bonds. The van der Waals surface area contributed by atoms with Gasteiger partial charge < -0.3 is 10.2 Å². The van der Waals surface area contributed by atoms with Crippen LogP contribution in [0.2, 0.25) is 0 Å². The van der Waals surface area contributed by atoms with Crippen molar-refractivity contribution in [3.63, 3.8) is 0 Å². The Kier molecular flexibility index (Phi) is 7.71. The van der Waals surface area contributed by atoms with Crippen molar-refractivity contribution in [3.8, 4) is 22.9 Å². The highest BCUT2D eigenvalue weighted by Crippen LogP contribution is 2.34. The first kappa shape index (κ1) is 27.1. The molecule has 1 aliphatic heterocycles. The monoisotopic (exact) mass is 541 g/mol. The third kappa shape index (κ3) is 5.10. The molecule has 1 aliphatic rings. The minimum atomic E-state index is -0.572. The number of pyridine rings is 1. The van der Waals surface area contributed by atoms with Crippen molar-refractivity contribution in [1.82, 2.24) is 34.6 Å². The zero-order valence-electron chi connectivity index (χ0n) is 23.0. The fraction of sp³-hybridized carbons (Fsp3) is 0.379. The lowest BCUT2D eigenvalue weighted by atomic mass is 9.93. The lowest BCUT2D eigenvalue weighted by Crippen LogP contribution is -2.50. The molecular weight excluding hydrogens is 509 g/mol. The molecule has 206 valence electrons. The zero-order valence-corrected chi connectivity index (χ0v) is 23.0. The van der Waals surface area contributed by atoms with Gasteiger partial charge in [0.1, 0.15) is 29.9 Å². The highest BCUT2D eigenvalue weighted by Gasteiger charge is 2.32. The number of nitriles is 1. The van der Waals surface area contributed by atoms with E-state index in [1.54, 1.807) is 18.3 Å². The summed E-state index contributed by atoms with van der Waals surface area (Å²) in [7, 11) is 1.89. The molecule has 2 unspecified atom stereocenters. The molecule has 1 N–H and O–H groups in total. The number of aryl methyl sites for hydroxylation is 1. The van der Waals surface area contributed by atoms with Crippen LogP contribution in [0.25, 0.3) is 16.8 Å². The maximum absolute atomic E-state index is 15.2. The van der Waals surface area contributed by atoms with Gasteiger partial charge in [-0.3, -0.25) is 0 Å². The van der Waals surface area contributed by atoms with Crippen LogP contribution in [0.1, 0.15) is 62.5 Å². The second kappa shape index (κ2) is 11.4. The molecule has 0 radical (unpaired) electrons. The van der Waals surface area contributed by atoms with Gasteiger partial charge in [0.05, 0.1) is 23.5 Å². The molecule has 0 aliphatic carbocycles. The molecule has 11 heteroatoms. The molecule has 40 heavy (non-hydrogen) atoms. The first-order chi connectivity index (χ1) is 19.3. The van der Waals surface area contributed by atoms with Crippen molar-refractivity contribution in [1.29, 1.82) is 5.26 Å². The Hall–Kier alpha value is -4.43. The van der Waals surface area contributed by atoms with E-state index in [0.717, 1.165) is 30.7 Å². The van der Waals surface area contributed by atoms with E-state index in [1.165, 1.54) is 27.7 Å². The fourth-order valence-electron chi connectivity index (χ4n) is 5.13. The summed E-state index contributed by atoms with van der Waals surface area (Å²) >= 11 is 0. The standard InChI is InChI=1S/C29H32FN9O/c1-5-19-14-33-27(34-15-19)21-8-9-37(26(12-21)32-4)28-22(13-31)10-23(16-35-28)20-6-7-25(24(30)11-20)38-17-36-39(18(2)3)29(38)40/h6-7,10-11,14-18,21,26,32H,5,8-9,12H2,1-4H3. The Morgan fingerprint density at radius 1 is 1.15 bits per heavy atom. The maximum Gasteiger partial charge on any atom is 0.350 e. The normalized spacial score (nSPS) is 17.3. The number of halogens is 1. The van der Waals surface area contributed by atoms with Crippen LogP contribution in [0.4, 0.5) is 10.2 Å². The van der Waals surface area contributed by atoms with Gasteiger partial charge in [-0.05, 0) is 69.5 Å². The van der Waals surface area contributed by atoms with Crippen LogP contribution in [-0.2, 0) is 6.42 Å². The van der Waals surface area contributed by atoms with Crippen molar-refractivity contribution >= 4 is 5.82 Å². The van der Waals surface area contributed by atoms with E-state index in [1.807, 2.05) is 33.3 Å². The minimum absolute atomic E-state index is 0.0551. The third-order valence-electron chi connectivity index (χ3n) is 7.42. The lowest BCUT2D eigenvalue weighted by Gasteiger charge is -2.40. The predicted octanol–water partition coefficient (Wildman–Crippen LogP) is 3.97. The molecule has 0 saturated carbocycles. The van der Waals surface area contributed by atoms with Gasteiger partial charge in [-0.25, -0.2) is 33.4 Å². The van der Waals surface area contributed by atoms with Gasteiger partial charge in [0.2, 0.25) is 0 Å². The number of benzene rings is 1. The molecule has 4 aromatic rings. The average molecular weight is 542 g/mol. The van der Waals surface area contributed by atoms with Gasteiger partial charge in [0.25, 0.3) is 0 Å². The van der Waals surface area contributed by atoms with Crippen LogP contribution in [-0.4, -0.2) is 49.1 Å². The topological polar surface area (TPSA) is 118 Å². The molecular formula is C29H32FN9O. The summed E-state index contributed by atoms with van der Waals surface area (Å²) in [5.74, 6) is 1.05. The largest absolute Gasteiger partial charge is 0.350 e. The number of rotatable bonds is 7. The Balaban J connectivity index is 1.39. The van der Waals surface area contributed by atoms with E-state index in [4.69, 9.17) is 0 Å². The van der Waals surface area contributed by atoms with Gasteiger partial charge in [0, 0.05) is 36.6 Å². The minimum Gasteiger partial charge on any atom is -0.340 e. The first-order valence-electron chi connectivity index (χ1n) is 13.5. The van der Waals surface area contributed by atoms with Gasteiger partial charge in [-0.2, -0.15) is 10.4 Å². The summed E-state index contributed by atoms with van der Waals surface area (Å²) in [5.41, 5.74) is 2.37. The highest BCUT2D eigenvalue weighted by molar-refractivity contribution is 5.69. The van der Waals surface area contributed by atoms with Crippen molar-refractivity contribution in [2.45, 2.75) is 58.2 Å². The maximum atomic E-state index is 15.2. The summed E-state index contributed by atoms with van der Waals surface area (Å²) in [6.45, 7) is 6.43. The molecule has 10 nitrogen and oxygen atoms in total. The predicted molar refractivity (Wildman–Crippen MR) is 150 cm³/mol. The van der Waals surface area contributed by atoms with E-state index in [9.17, 15) is 10.1 Å². The average Bonchev–Trinajstić information content (AvgIpc) is 3.37. The second-order valence-electron chi connectivity index (χ2n) is 10.2. The molecule has 0 spiro atoms. The van der Waals surface area contributed by atoms with Crippen molar-refractivity contribution in [2.24, 2.45) is 0 Å². The number of hydrogen-bond donors (Lipinski definition) is 1. The molecule has 4 heterocycles. The van der Waals surface area contributed by atoms with Crippen LogP contribution in [0, 0.1) is 17.1 Å². The summed E-state index contributed by atoms with van der Waals surface area (Å²) < 4.78 is 17.7. The number of aromatic nitrogens is 6. The van der Waals surface area contributed by atoms with E-state index in [2.05, 4.69) is 43.3 Å². The SMILES string of the molecule is CCc1cnc(C2CCN(c3ncc(-c4ccc(-n5cnn(C(C)C)c5=O)c(F)c4)cc3C#N)C(NC)C2)nc1. The van der Waals surface area contributed by atoms with Crippen LogP contribution >= 0.6 is 0 Å². The molecule has 1 saturated heterocycles. The number of anilines is 1. The van der Waals surface area contributed by atoms with Crippen LogP contribution in [0.15, 0.2) is 54.0 Å². The van der Waals surface area contributed by atoms with E-state index < -0.39 is 11.5 Å². The Morgan fingerprint density at radius 3 is 2.55 bits per heavy atom. The molecule has 2 atom stereocenters.